The Morgan fingerprint density at radius 3 is 2.56 bits per heavy atom. The van der Waals surface area contributed by atoms with E-state index in [1.54, 1.807) is 13.2 Å². The number of methoxy groups -OCH3 is 1. The number of rotatable bonds is 6. The fraction of sp³-hybridized carbons (Fsp3) is 0.577. The topological polar surface area (TPSA) is 95.8 Å². The monoisotopic (exact) mass is 470 g/mol. The van der Waals surface area contributed by atoms with Gasteiger partial charge in [-0.15, -0.1) is 0 Å². The smallest absolute Gasteiger partial charge is 0.256 e. The fourth-order valence-corrected chi connectivity index (χ4v) is 4.52. The quantitative estimate of drug-likeness (QED) is 0.268. The van der Waals surface area contributed by atoms with Gasteiger partial charge in [-0.3, -0.25) is 4.79 Å². The predicted molar refractivity (Wildman–Crippen MR) is 134 cm³/mol. The van der Waals surface area contributed by atoms with E-state index in [-0.39, 0.29) is 11.5 Å². The van der Waals surface area contributed by atoms with E-state index in [0.29, 0.717) is 49.9 Å². The van der Waals surface area contributed by atoms with Gasteiger partial charge in [0.15, 0.2) is 0 Å². The Bertz CT molecular complexity index is 942. The third kappa shape index (κ3) is 6.24. The van der Waals surface area contributed by atoms with Crippen LogP contribution >= 0.6 is 0 Å². The van der Waals surface area contributed by atoms with Gasteiger partial charge in [-0.25, -0.2) is 9.98 Å². The molecule has 3 rings (SSSR count). The normalized spacial score (nSPS) is 24.3. The lowest BCUT2D eigenvalue weighted by Gasteiger charge is -2.37. The second kappa shape index (κ2) is 11.1. The molecule has 2 N–H and O–H groups in total. The molecule has 2 fully saturated rings. The zero-order valence-corrected chi connectivity index (χ0v) is 20.9. The van der Waals surface area contributed by atoms with E-state index >= 15 is 0 Å². The first kappa shape index (κ1) is 25.9. The van der Waals surface area contributed by atoms with Crippen LogP contribution in [0.4, 0.5) is 0 Å². The van der Waals surface area contributed by atoms with Crippen molar-refractivity contribution in [2.45, 2.75) is 58.5 Å². The molecule has 0 aromatic heterocycles. The van der Waals surface area contributed by atoms with Gasteiger partial charge in [-0.1, -0.05) is 6.58 Å². The number of carbonyl (C=O) groups is 1. The number of aliphatic imine (C=N–C) groups is 2. The molecule has 0 aliphatic carbocycles. The van der Waals surface area contributed by atoms with Gasteiger partial charge >= 0.3 is 0 Å². The van der Waals surface area contributed by atoms with Crippen molar-refractivity contribution < 1.29 is 19.4 Å². The van der Waals surface area contributed by atoms with Gasteiger partial charge in [0, 0.05) is 43.9 Å². The van der Waals surface area contributed by atoms with Crippen LogP contribution in [0.2, 0.25) is 0 Å². The molecule has 8 heteroatoms. The molecule has 0 unspecified atom stereocenters. The molecule has 0 bridgehead atoms. The highest BCUT2D eigenvalue weighted by Crippen LogP contribution is 2.35. The summed E-state index contributed by atoms with van der Waals surface area (Å²) in [7, 11) is 1.65. The Morgan fingerprint density at radius 1 is 1.32 bits per heavy atom. The molecule has 0 aromatic rings. The summed E-state index contributed by atoms with van der Waals surface area (Å²) in [5.41, 5.74) is 2.71. The van der Waals surface area contributed by atoms with Crippen molar-refractivity contribution in [2.24, 2.45) is 15.9 Å². The van der Waals surface area contributed by atoms with Crippen LogP contribution in [0.5, 0.6) is 0 Å². The van der Waals surface area contributed by atoms with Crippen LogP contribution in [0.15, 0.2) is 56.6 Å². The molecule has 1 amide bonds. The van der Waals surface area contributed by atoms with Crippen LogP contribution in [0.1, 0.15) is 52.9 Å². The number of amidine groups is 1. The van der Waals surface area contributed by atoms with Gasteiger partial charge in [0.1, 0.15) is 11.7 Å². The second-order valence-corrected chi connectivity index (χ2v) is 9.52. The van der Waals surface area contributed by atoms with Crippen molar-refractivity contribution in [1.29, 1.82) is 0 Å². The number of likely N-dealkylation sites (tertiary alicyclic amines) is 1. The lowest BCUT2D eigenvalue weighted by molar-refractivity contribution is -0.115. The average Bonchev–Trinajstić information content (AvgIpc) is 3.25. The minimum Gasteiger partial charge on any atom is -0.501 e. The third-order valence-electron chi connectivity index (χ3n) is 6.99. The zero-order valence-electron chi connectivity index (χ0n) is 20.9. The Labute approximate surface area is 202 Å². The molecule has 8 nitrogen and oxygen atoms in total. The number of amides is 1. The van der Waals surface area contributed by atoms with Crippen LogP contribution in [0.25, 0.3) is 0 Å². The molecule has 2 saturated heterocycles. The minimum absolute atomic E-state index is 0.273. The van der Waals surface area contributed by atoms with Gasteiger partial charge in [0.2, 0.25) is 0 Å². The van der Waals surface area contributed by atoms with Gasteiger partial charge in [0.25, 0.3) is 5.91 Å². The zero-order chi connectivity index (χ0) is 24.9. The highest BCUT2D eigenvalue weighted by atomic mass is 16.5. The SMILES string of the molecule is C=N/C(=C\C(=C)C(=O)NC1=NC(=C(/C)C2CCOCC2)/C(=C(\C)OC)C1)N1CCC(C)(O)CC1. The van der Waals surface area contributed by atoms with Gasteiger partial charge in [-0.2, -0.15) is 0 Å². The molecule has 3 heterocycles. The number of nitrogens with one attached hydrogen (secondary N) is 1. The average molecular weight is 471 g/mol. The summed E-state index contributed by atoms with van der Waals surface area (Å²) < 4.78 is 11.0. The lowest BCUT2D eigenvalue weighted by Crippen LogP contribution is -2.41. The van der Waals surface area contributed by atoms with Crippen molar-refractivity contribution in [1.82, 2.24) is 10.2 Å². The van der Waals surface area contributed by atoms with E-state index in [2.05, 4.69) is 30.5 Å². The van der Waals surface area contributed by atoms with Crippen LogP contribution in [-0.4, -0.2) is 67.5 Å². The highest BCUT2D eigenvalue weighted by Gasteiger charge is 2.29. The molecule has 3 aliphatic heterocycles. The Morgan fingerprint density at radius 2 is 1.97 bits per heavy atom. The summed E-state index contributed by atoms with van der Waals surface area (Å²) in [5, 5.41) is 13.1. The first-order valence-corrected chi connectivity index (χ1v) is 11.9. The lowest BCUT2D eigenvalue weighted by atomic mass is 9.89. The number of nitrogens with zero attached hydrogens (tertiary/aromatic N) is 3. The Kier molecular flexibility index (Phi) is 8.49. The summed E-state index contributed by atoms with van der Waals surface area (Å²) >= 11 is 0. The third-order valence-corrected chi connectivity index (χ3v) is 6.99. The number of ether oxygens (including phenoxy) is 2. The summed E-state index contributed by atoms with van der Waals surface area (Å²) in [6.07, 6.45) is 5.33. The summed E-state index contributed by atoms with van der Waals surface area (Å²) in [5.74, 6) is 2.03. The van der Waals surface area contributed by atoms with E-state index in [1.807, 2.05) is 18.7 Å². The van der Waals surface area contributed by atoms with Gasteiger partial charge < -0.3 is 24.8 Å². The molecule has 0 saturated carbocycles. The van der Waals surface area contributed by atoms with E-state index in [1.165, 1.54) is 5.57 Å². The summed E-state index contributed by atoms with van der Waals surface area (Å²) in [6, 6.07) is 0. The molecule has 0 spiro atoms. The number of carbonyl (C=O) groups excluding carboxylic acids is 1. The molecule has 186 valence electrons. The van der Waals surface area contributed by atoms with Crippen molar-refractivity contribution in [2.75, 3.05) is 33.4 Å². The molecule has 0 aromatic carbocycles. The molecule has 34 heavy (non-hydrogen) atoms. The molecule has 0 radical (unpaired) electrons. The van der Waals surface area contributed by atoms with Crippen molar-refractivity contribution in [3.63, 3.8) is 0 Å². The summed E-state index contributed by atoms with van der Waals surface area (Å²) in [4.78, 5) is 23.8. The maximum absolute atomic E-state index is 12.9. The number of hydrogen-bond acceptors (Lipinski definition) is 7. The first-order chi connectivity index (χ1) is 16.1. The number of hydrogen-bond donors (Lipinski definition) is 2. The van der Waals surface area contributed by atoms with Crippen LogP contribution in [0, 0.1) is 5.92 Å². The maximum Gasteiger partial charge on any atom is 0.256 e. The van der Waals surface area contributed by atoms with E-state index in [4.69, 9.17) is 14.5 Å². The van der Waals surface area contributed by atoms with Crippen LogP contribution in [0.3, 0.4) is 0 Å². The largest absolute Gasteiger partial charge is 0.501 e. The molecule has 3 aliphatic rings. The van der Waals surface area contributed by atoms with Crippen LogP contribution in [-0.2, 0) is 14.3 Å². The van der Waals surface area contributed by atoms with Gasteiger partial charge in [0.05, 0.1) is 24.2 Å². The fourth-order valence-electron chi connectivity index (χ4n) is 4.52. The van der Waals surface area contributed by atoms with E-state index in [9.17, 15) is 9.90 Å². The van der Waals surface area contributed by atoms with Crippen LogP contribution < -0.4 is 5.32 Å². The number of allylic oxidation sites excluding steroid dienone is 3. The van der Waals surface area contributed by atoms with Crippen molar-refractivity contribution >= 4 is 18.5 Å². The number of aliphatic hydroxyl groups is 1. The van der Waals surface area contributed by atoms with Gasteiger partial charge in [-0.05, 0) is 70.7 Å². The molecular formula is C26H38N4O4. The Balaban J connectivity index is 1.74. The van der Waals surface area contributed by atoms with E-state index < -0.39 is 5.60 Å². The Hall–Kier alpha value is -2.71. The maximum atomic E-state index is 12.9. The highest BCUT2D eigenvalue weighted by molar-refractivity contribution is 6.09. The first-order valence-electron chi connectivity index (χ1n) is 11.9. The molecular weight excluding hydrogens is 432 g/mol. The molecule has 0 atom stereocenters. The minimum atomic E-state index is -0.669. The van der Waals surface area contributed by atoms with E-state index in [0.717, 1.165) is 43.1 Å². The number of piperidine rings is 1. The van der Waals surface area contributed by atoms with Crippen molar-refractivity contribution in [3.05, 3.63) is 46.7 Å². The standard InChI is InChI=1S/C26H38N4O4/c1-17(15-23(27-5)30-11-9-26(4,32)10-12-30)25(31)29-22-16-21(19(3)33-6)24(28-22)18(2)20-7-13-34-14-8-20/h15,20,32H,1,5,7-14,16H2,2-4,6H3,(H,28,29,31)/b21-19+,23-15+,24-18-. The second-order valence-electron chi connectivity index (χ2n) is 9.52. The predicted octanol–water partition coefficient (Wildman–Crippen LogP) is 3.47. The summed E-state index contributed by atoms with van der Waals surface area (Å²) in [6.45, 7) is 16.3. The van der Waals surface area contributed by atoms with Crippen molar-refractivity contribution in [3.8, 4) is 0 Å².